The number of hydrogen-bond acceptors (Lipinski definition) is 4. The van der Waals surface area contributed by atoms with E-state index in [1.54, 1.807) is 12.1 Å². The number of phenols is 1. The van der Waals surface area contributed by atoms with Crippen LogP contribution in [0.4, 0.5) is 0 Å². The van der Waals surface area contributed by atoms with Crippen molar-refractivity contribution in [2.24, 2.45) is 5.73 Å². The van der Waals surface area contributed by atoms with Crippen molar-refractivity contribution in [3.05, 3.63) is 59.0 Å². The molecule has 0 atom stereocenters. The Balaban J connectivity index is 2.01. The maximum atomic E-state index is 11.3. The Morgan fingerprint density at radius 1 is 1.18 bits per heavy atom. The molecule has 1 amide bonds. The highest BCUT2D eigenvalue weighted by atomic mass is 32.1. The first-order valence-electron chi connectivity index (χ1n) is 6.70. The predicted octanol–water partition coefficient (Wildman–Crippen LogP) is 3.59. The summed E-state index contributed by atoms with van der Waals surface area (Å²) in [5.74, 6) is -0.779. The summed E-state index contributed by atoms with van der Waals surface area (Å²) in [5.41, 5.74) is 9.10. The van der Waals surface area contributed by atoms with Crippen molar-refractivity contribution < 1.29 is 9.90 Å². The second-order valence-corrected chi connectivity index (χ2v) is 5.86. The lowest BCUT2D eigenvalue weighted by Gasteiger charge is -2.03. The molecule has 0 bridgehead atoms. The Labute approximate surface area is 131 Å². The van der Waals surface area contributed by atoms with E-state index in [9.17, 15) is 9.90 Å². The van der Waals surface area contributed by atoms with Crippen LogP contribution in [0.2, 0.25) is 0 Å². The van der Waals surface area contributed by atoms with Crippen LogP contribution in [-0.2, 0) is 0 Å². The molecule has 0 fully saturated rings. The largest absolute Gasteiger partial charge is 0.507 e. The minimum Gasteiger partial charge on any atom is -0.507 e. The van der Waals surface area contributed by atoms with Crippen LogP contribution in [0.3, 0.4) is 0 Å². The Bertz CT molecular complexity index is 855. The number of primary amides is 1. The number of aromatic hydroxyl groups is 1. The molecule has 0 aliphatic heterocycles. The number of carbonyl (C=O) groups is 1. The highest BCUT2D eigenvalue weighted by molar-refractivity contribution is 7.13. The van der Waals surface area contributed by atoms with Crippen LogP contribution >= 0.6 is 11.3 Å². The van der Waals surface area contributed by atoms with Gasteiger partial charge in [0.05, 0.1) is 11.3 Å². The third kappa shape index (κ3) is 2.71. The molecule has 3 N–H and O–H groups in total. The lowest BCUT2D eigenvalue weighted by atomic mass is 10.1. The summed E-state index contributed by atoms with van der Waals surface area (Å²) in [4.78, 5) is 15.9. The summed E-state index contributed by atoms with van der Waals surface area (Å²) in [5, 5.41) is 12.5. The van der Waals surface area contributed by atoms with Crippen LogP contribution in [0.1, 0.15) is 15.9 Å². The molecule has 2 aromatic carbocycles. The van der Waals surface area contributed by atoms with Crippen LogP contribution in [0.15, 0.2) is 47.8 Å². The smallest absolute Gasteiger partial charge is 0.252 e. The number of aromatic nitrogens is 1. The van der Waals surface area contributed by atoms with Gasteiger partial charge in [0, 0.05) is 16.5 Å². The van der Waals surface area contributed by atoms with Gasteiger partial charge in [0.25, 0.3) is 5.91 Å². The van der Waals surface area contributed by atoms with E-state index in [1.807, 2.05) is 30.5 Å². The number of thiazole rings is 1. The van der Waals surface area contributed by atoms with Crippen molar-refractivity contribution >= 4 is 17.2 Å². The summed E-state index contributed by atoms with van der Waals surface area (Å²) in [6, 6.07) is 12.9. The van der Waals surface area contributed by atoms with Crippen molar-refractivity contribution in [2.45, 2.75) is 6.92 Å². The number of amides is 1. The standard InChI is InChI=1S/C17H14N2O2S/c1-10-3-2-4-12(7-10)17-19-14(9-22-17)11-5-6-15(20)13(8-11)16(18)21/h2-9,20H,1H3,(H2,18,21). The van der Waals surface area contributed by atoms with Gasteiger partial charge in [0.15, 0.2) is 0 Å². The lowest BCUT2D eigenvalue weighted by Crippen LogP contribution is -2.11. The normalized spacial score (nSPS) is 10.6. The van der Waals surface area contributed by atoms with Crippen molar-refractivity contribution in [1.29, 1.82) is 0 Å². The van der Waals surface area contributed by atoms with Gasteiger partial charge in [-0.1, -0.05) is 23.8 Å². The van der Waals surface area contributed by atoms with E-state index in [0.717, 1.165) is 21.8 Å². The molecule has 3 rings (SSSR count). The van der Waals surface area contributed by atoms with E-state index in [4.69, 9.17) is 5.73 Å². The zero-order valence-corrected chi connectivity index (χ0v) is 12.7. The molecule has 22 heavy (non-hydrogen) atoms. The number of aryl methyl sites for hydroxylation is 1. The van der Waals surface area contributed by atoms with Crippen LogP contribution in [0.25, 0.3) is 21.8 Å². The lowest BCUT2D eigenvalue weighted by molar-refractivity contribution is 0.0998. The fraction of sp³-hybridized carbons (Fsp3) is 0.0588. The molecule has 110 valence electrons. The average molecular weight is 310 g/mol. The molecule has 5 heteroatoms. The summed E-state index contributed by atoms with van der Waals surface area (Å²) in [6.07, 6.45) is 0. The molecule has 0 saturated heterocycles. The van der Waals surface area contributed by atoms with Gasteiger partial charge in [-0.05, 0) is 31.2 Å². The molecular formula is C17H14N2O2S. The van der Waals surface area contributed by atoms with Gasteiger partial charge < -0.3 is 10.8 Å². The van der Waals surface area contributed by atoms with E-state index in [1.165, 1.54) is 23.0 Å². The highest BCUT2D eigenvalue weighted by Crippen LogP contribution is 2.31. The molecule has 0 radical (unpaired) electrons. The average Bonchev–Trinajstić information content (AvgIpc) is 2.97. The van der Waals surface area contributed by atoms with Gasteiger partial charge in [-0.25, -0.2) is 4.98 Å². The zero-order valence-electron chi connectivity index (χ0n) is 11.9. The third-order valence-corrected chi connectivity index (χ3v) is 4.22. The molecule has 0 aliphatic rings. The molecule has 0 aliphatic carbocycles. The van der Waals surface area contributed by atoms with Gasteiger partial charge in [-0.2, -0.15) is 0 Å². The number of nitrogens with two attached hydrogens (primary N) is 1. The van der Waals surface area contributed by atoms with Crippen LogP contribution in [-0.4, -0.2) is 16.0 Å². The Kier molecular flexibility index (Phi) is 3.65. The van der Waals surface area contributed by atoms with Gasteiger partial charge >= 0.3 is 0 Å². The minimum absolute atomic E-state index is 0.0996. The topological polar surface area (TPSA) is 76.2 Å². The number of nitrogens with zero attached hydrogens (tertiary/aromatic N) is 1. The Hall–Kier alpha value is -2.66. The van der Waals surface area contributed by atoms with E-state index in [0.29, 0.717) is 0 Å². The second kappa shape index (κ2) is 5.61. The number of hydrogen-bond donors (Lipinski definition) is 2. The van der Waals surface area contributed by atoms with Gasteiger partial charge in [-0.3, -0.25) is 4.79 Å². The predicted molar refractivity (Wildman–Crippen MR) is 87.9 cm³/mol. The summed E-state index contributed by atoms with van der Waals surface area (Å²) < 4.78 is 0. The third-order valence-electron chi connectivity index (χ3n) is 3.33. The van der Waals surface area contributed by atoms with E-state index >= 15 is 0 Å². The van der Waals surface area contributed by atoms with E-state index in [2.05, 4.69) is 11.1 Å². The van der Waals surface area contributed by atoms with Gasteiger partial charge in [0.2, 0.25) is 0 Å². The Morgan fingerprint density at radius 2 is 2.00 bits per heavy atom. The quantitative estimate of drug-likeness (QED) is 0.776. The van der Waals surface area contributed by atoms with Crippen molar-refractivity contribution in [3.63, 3.8) is 0 Å². The first-order valence-corrected chi connectivity index (χ1v) is 7.58. The molecule has 1 heterocycles. The summed E-state index contributed by atoms with van der Waals surface area (Å²) in [7, 11) is 0. The van der Waals surface area contributed by atoms with Crippen LogP contribution < -0.4 is 5.73 Å². The molecule has 4 nitrogen and oxygen atoms in total. The first kappa shape index (κ1) is 14.3. The van der Waals surface area contributed by atoms with Crippen molar-refractivity contribution in [2.75, 3.05) is 0 Å². The van der Waals surface area contributed by atoms with Crippen molar-refractivity contribution in [1.82, 2.24) is 4.98 Å². The molecule has 3 aromatic rings. The molecule has 0 spiro atoms. The summed E-state index contributed by atoms with van der Waals surface area (Å²) >= 11 is 1.53. The van der Waals surface area contributed by atoms with Gasteiger partial charge in [-0.15, -0.1) is 11.3 Å². The fourth-order valence-corrected chi connectivity index (χ4v) is 3.04. The SMILES string of the molecule is Cc1cccc(-c2nc(-c3ccc(O)c(C(N)=O)c3)cs2)c1. The maximum absolute atomic E-state index is 11.3. The van der Waals surface area contributed by atoms with Crippen molar-refractivity contribution in [3.8, 4) is 27.6 Å². The van der Waals surface area contributed by atoms with Crippen LogP contribution in [0, 0.1) is 6.92 Å². The zero-order chi connectivity index (χ0) is 15.7. The van der Waals surface area contributed by atoms with E-state index in [-0.39, 0.29) is 11.3 Å². The second-order valence-electron chi connectivity index (χ2n) is 5.00. The monoisotopic (exact) mass is 310 g/mol. The summed E-state index contributed by atoms with van der Waals surface area (Å²) in [6.45, 7) is 2.04. The number of rotatable bonds is 3. The Morgan fingerprint density at radius 3 is 2.73 bits per heavy atom. The first-order chi connectivity index (χ1) is 10.5. The molecule has 0 saturated carbocycles. The number of benzene rings is 2. The molecular weight excluding hydrogens is 296 g/mol. The highest BCUT2D eigenvalue weighted by Gasteiger charge is 2.12. The maximum Gasteiger partial charge on any atom is 0.252 e. The molecule has 0 unspecified atom stereocenters. The van der Waals surface area contributed by atoms with Crippen LogP contribution in [0.5, 0.6) is 5.75 Å². The number of carbonyl (C=O) groups excluding carboxylic acids is 1. The van der Waals surface area contributed by atoms with Gasteiger partial charge in [0.1, 0.15) is 10.8 Å². The molecule has 1 aromatic heterocycles. The van der Waals surface area contributed by atoms with E-state index < -0.39 is 5.91 Å². The fourth-order valence-electron chi connectivity index (χ4n) is 2.21. The minimum atomic E-state index is -0.659.